The fraction of sp³-hybridized carbons (Fsp3) is 0.381. The van der Waals surface area contributed by atoms with E-state index in [4.69, 9.17) is 14.2 Å². The minimum Gasteiger partial charge on any atom is -0.490 e. The number of hydrogen-bond donors (Lipinski definition) is 1. The maximum absolute atomic E-state index is 11.9. The molecule has 0 unspecified atom stereocenters. The van der Waals surface area contributed by atoms with Gasteiger partial charge in [-0.2, -0.15) is 0 Å². The van der Waals surface area contributed by atoms with Gasteiger partial charge in [0.25, 0.3) is 5.91 Å². The molecule has 0 spiro atoms. The number of aryl methyl sites for hydroxylation is 1. The highest BCUT2D eigenvalue weighted by Crippen LogP contribution is 2.28. The predicted octanol–water partition coefficient (Wildman–Crippen LogP) is 2.70. The molecular weight excluding hydrogens is 360 g/mol. The van der Waals surface area contributed by atoms with Crippen LogP contribution in [-0.2, 0) is 16.0 Å². The number of aromatic nitrogens is 1. The van der Waals surface area contributed by atoms with Crippen molar-refractivity contribution >= 4 is 11.9 Å². The van der Waals surface area contributed by atoms with E-state index in [9.17, 15) is 9.59 Å². The van der Waals surface area contributed by atoms with Crippen LogP contribution in [0.15, 0.2) is 36.5 Å². The topological polar surface area (TPSA) is 86.8 Å². The molecule has 1 aromatic carbocycles. The Kier molecular flexibility index (Phi) is 8.27. The lowest BCUT2D eigenvalue weighted by atomic mass is 10.1. The Balaban J connectivity index is 1.77. The average molecular weight is 386 g/mol. The van der Waals surface area contributed by atoms with Gasteiger partial charge in [-0.25, -0.2) is 4.79 Å². The summed E-state index contributed by atoms with van der Waals surface area (Å²) in [7, 11) is 0. The second kappa shape index (κ2) is 10.9. The molecule has 1 heterocycles. The van der Waals surface area contributed by atoms with Gasteiger partial charge in [-0.3, -0.25) is 9.78 Å². The van der Waals surface area contributed by atoms with Crippen LogP contribution in [0.3, 0.4) is 0 Å². The first kappa shape index (κ1) is 21.2. The molecule has 0 aliphatic heterocycles. The van der Waals surface area contributed by atoms with E-state index in [1.54, 1.807) is 12.1 Å². The van der Waals surface area contributed by atoms with Crippen LogP contribution in [0.2, 0.25) is 0 Å². The number of carbonyl (C=O) groups is 2. The highest BCUT2D eigenvalue weighted by atomic mass is 16.5. The quantitative estimate of drug-likeness (QED) is 0.632. The Morgan fingerprint density at radius 1 is 1.04 bits per heavy atom. The average Bonchev–Trinajstić information content (AvgIpc) is 2.69. The van der Waals surface area contributed by atoms with Crippen molar-refractivity contribution in [2.75, 3.05) is 26.4 Å². The van der Waals surface area contributed by atoms with Crippen molar-refractivity contribution in [1.29, 1.82) is 0 Å². The molecule has 0 fully saturated rings. The minimum atomic E-state index is -0.574. The molecule has 0 saturated carbocycles. The smallest absolute Gasteiger partial charge is 0.340 e. The SMILES string of the molecule is CCOc1ccc(CCNC(=O)COC(=O)c2ccc(C)nc2)cc1OCC. The molecule has 1 N–H and O–H groups in total. The fourth-order valence-corrected chi connectivity index (χ4v) is 2.45. The van der Waals surface area contributed by atoms with Gasteiger partial charge in [-0.05, 0) is 57.0 Å². The zero-order chi connectivity index (χ0) is 20.4. The van der Waals surface area contributed by atoms with Crippen molar-refractivity contribution in [1.82, 2.24) is 10.3 Å². The normalized spacial score (nSPS) is 10.2. The van der Waals surface area contributed by atoms with E-state index in [1.807, 2.05) is 39.0 Å². The summed E-state index contributed by atoms with van der Waals surface area (Å²) in [6.45, 7) is 6.85. The molecule has 0 atom stereocenters. The number of ether oxygens (including phenoxy) is 3. The molecule has 0 aliphatic rings. The zero-order valence-electron chi connectivity index (χ0n) is 16.5. The Labute approximate surface area is 165 Å². The molecule has 28 heavy (non-hydrogen) atoms. The molecule has 1 aromatic heterocycles. The van der Waals surface area contributed by atoms with Gasteiger partial charge in [-0.15, -0.1) is 0 Å². The highest BCUT2D eigenvalue weighted by Gasteiger charge is 2.11. The van der Waals surface area contributed by atoms with E-state index in [2.05, 4.69) is 10.3 Å². The highest BCUT2D eigenvalue weighted by molar-refractivity contribution is 5.90. The van der Waals surface area contributed by atoms with Gasteiger partial charge in [0.05, 0.1) is 18.8 Å². The van der Waals surface area contributed by atoms with Crippen LogP contribution in [0.25, 0.3) is 0 Å². The summed E-state index contributed by atoms with van der Waals surface area (Å²) in [6.07, 6.45) is 2.05. The van der Waals surface area contributed by atoms with Gasteiger partial charge >= 0.3 is 5.97 Å². The summed E-state index contributed by atoms with van der Waals surface area (Å²) in [6, 6.07) is 9.03. The summed E-state index contributed by atoms with van der Waals surface area (Å²) >= 11 is 0. The first-order chi connectivity index (χ1) is 13.5. The Morgan fingerprint density at radius 2 is 1.79 bits per heavy atom. The molecule has 150 valence electrons. The monoisotopic (exact) mass is 386 g/mol. The lowest BCUT2D eigenvalue weighted by molar-refractivity contribution is -0.124. The molecule has 7 heteroatoms. The van der Waals surface area contributed by atoms with Crippen molar-refractivity contribution in [2.45, 2.75) is 27.2 Å². The van der Waals surface area contributed by atoms with Crippen molar-refractivity contribution in [3.8, 4) is 11.5 Å². The maximum Gasteiger partial charge on any atom is 0.340 e. The summed E-state index contributed by atoms with van der Waals surface area (Å²) in [4.78, 5) is 27.8. The predicted molar refractivity (Wildman–Crippen MR) is 105 cm³/mol. The van der Waals surface area contributed by atoms with Crippen LogP contribution in [0.4, 0.5) is 0 Å². The number of esters is 1. The van der Waals surface area contributed by atoms with Gasteiger partial charge in [0.15, 0.2) is 18.1 Å². The largest absolute Gasteiger partial charge is 0.490 e. The van der Waals surface area contributed by atoms with Crippen LogP contribution < -0.4 is 14.8 Å². The van der Waals surface area contributed by atoms with Gasteiger partial charge < -0.3 is 19.5 Å². The van der Waals surface area contributed by atoms with Crippen LogP contribution in [0.5, 0.6) is 11.5 Å². The number of amides is 1. The summed E-state index contributed by atoms with van der Waals surface area (Å²) < 4.78 is 16.1. The second-order valence-electron chi connectivity index (χ2n) is 6.01. The maximum atomic E-state index is 11.9. The molecule has 1 amide bonds. The Bertz CT molecular complexity index is 790. The molecular formula is C21H26N2O5. The number of nitrogens with zero attached hydrogens (tertiary/aromatic N) is 1. The van der Waals surface area contributed by atoms with Crippen LogP contribution in [0, 0.1) is 6.92 Å². The van der Waals surface area contributed by atoms with Gasteiger partial charge in [0.1, 0.15) is 0 Å². The Hall–Kier alpha value is -3.09. The number of pyridine rings is 1. The zero-order valence-corrected chi connectivity index (χ0v) is 16.5. The molecule has 0 radical (unpaired) electrons. The van der Waals surface area contributed by atoms with Crippen molar-refractivity contribution < 1.29 is 23.8 Å². The van der Waals surface area contributed by atoms with E-state index in [0.717, 1.165) is 11.3 Å². The van der Waals surface area contributed by atoms with E-state index in [-0.39, 0.29) is 12.5 Å². The van der Waals surface area contributed by atoms with Gasteiger partial charge in [-0.1, -0.05) is 6.07 Å². The molecule has 2 aromatic rings. The van der Waals surface area contributed by atoms with E-state index in [1.165, 1.54) is 6.20 Å². The van der Waals surface area contributed by atoms with Crippen LogP contribution in [0.1, 0.15) is 35.5 Å². The number of rotatable bonds is 10. The molecule has 0 bridgehead atoms. The molecule has 0 saturated heterocycles. The third kappa shape index (κ3) is 6.57. The van der Waals surface area contributed by atoms with E-state index >= 15 is 0 Å². The van der Waals surface area contributed by atoms with E-state index < -0.39 is 5.97 Å². The molecule has 2 rings (SSSR count). The fourth-order valence-electron chi connectivity index (χ4n) is 2.45. The standard InChI is InChI=1S/C21H26N2O5/c1-4-26-18-9-7-16(12-19(18)27-5-2)10-11-22-20(24)14-28-21(25)17-8-6-15(3)23-13-17/h6-9,12-13H,4-5,10-11,14H2,1-3H3,(H,22,24). The van der Waals surface area contributed by atoms with Gasteiger partial charge in [0.2, 0.25) is 0 Å². The van der Waals surface area contributed by atoms with Crippen LogP contribution >= 0.6 is 0 Å². The lowest BCUT2D eigenvalue weighted by Crippen LogP contribution is -2.30. The van der Waals surface area contributed by atoms with Gasteiger partial charge in [0, 0.05) is 18.4 Å². The lowest BCUT2D eigenvalue weighted by Gasteiger charge is -2.12. The third-order valence-corrected chi connectivity index (χ3v) is 3.83. The number of nitrogens with one attached hydrogen (secondary N) is 1. The van der Waals surface area contributed by atoms with Crippen molar-refractivity contribution in [3.05, 3.63) is 53.3 Å². The minimum absolute atomic E-state index is 0.316. The number of hydrogen-bond acceptors (Lipinski definition) is 6. The summed E-state index contributed by atoms with van der Waals surface area (Å²) in [5, 5.41) is 2.73. The first-order valence-electron chi connectivity index (χ1n) is 9.28. The number of carbonyl (C=O) groups excluding carboxylic acids is 2. The second-order valence-corrected chi connectivity index (χ2v) is 6.01. The summed E-state index contributed by atoms with van der Waals surface area (Å²) in [5.74, 6) is 0.461. The van der Waals surface area contributed by atoms with Crippen molar-refractivity contribution in [2.24, 2.45) is 0 Å². The number of benzene rings is 1. The Morgan fingerprint density at radius 3 is 2.46 bits per heavy atom. The molecule has 0 aliphatic carbocycles. The first-order valence-corrected chi connectivity index (χ1v) is 9.28. The summed E-state index contributed by atoms with van der Waals surface area (Å²) in [5.41, 5.74) is 2.13. The third-order valence-electron chi connectivity index (χ3n) is 3.83. The molecule has 7 nitrogen and oxygen atoms in total. The van der Waals surface area contributed by atoms with Crippen molar-refractivity contribution in [3.63, 3.8) is 0 Å². The van der Waals surface area contributed by atoms with Crippen LogP contribution in [-0.4, -0.2) is 43.2 Å². The van der Waals surface area contributed by atoms with E-state index in [0.29, 0.717) is 43.2 Å².